The standard InChI is InChI=1S/C14H16S/c1-11(2)6-5-7-12-10-15-14-9-4-3-8-13(12)14/h3-5,7-11H,6H2,1-2H3/b7-5+. The molecular formula is C14H16S. The van der Waals surface area contributed by atoms with Gasteiger partial charge >= 0.3 is 0 Å². The number of thiophene rings is 1. The molecule has 0 aliphatic carbocycles. The van der Waals surface area contributed by atoms with Gasteiger partial charge in [-0.1, -0.05) is 44.2 Å². The maximum atomic E-state index is 2.28. The first-order valence-corrected chi connectivity index (χ1v) is 6.28. The lowest BCUT2D eigenvalue weighted by molar-refractivity contribution is 0.665. The van der Waals surface area contributed by atoms with Crippen LogP contribution in [-0.4, -0.2) is 0 Å². The third-order valence-corrected chi connectivity index (χ3v) is 3.40. The van der Waals surface area contributed by atoms with E-state index < -0.39 is 0 Å². The first-order chi connectivity index (χ1) is 7.27. The Morgan fingerprint density at radius 2 is 2.07 bits per heavy atom. The number of benzene rings is 1. The van der Waals surface area contributed by atoms with Crippen molar-refractivity contribution in [3.8, 4) is 0 Å². The Morgan fingerprint density at radius 1 is 1.27 bits per heavy atom. The lowest BCUT2D eigenvalue weighted by atomic mass is 10.1. The highest BCUT2D eigenvalue weighted by Crippen LogP contribution is 2.26. The summed E-state index contributed by atoms with van der Waals surface area (Å²) in [5.41, 5.74) is 1.36. The van der Waals surface area contributed by atoms with Crippen molar-refractivity contribution in [3.05, 3.63) is 41.3 Å². The van der Waals surface area contributed by atoms with E-state index in [2.05, 4.69) is 55.6 Å². The summed E-state index contributed by atoms with van der Waals surface area (Å²) in [5, 5.41) is 3.61. The minimum atomic E-state index is 0.742. The molecule has 2 rings (SSSR count). The molecule has 0 atom stereocenters. The number of fused-ring (bicyclic) bond motifs is 1. The quantitative estimate of drug-likeness (QED) is 0.680. The van der Waals surface area contributed by atoms with Crippen molar-refractivity contribution in [1.29, 1.82) is 0 Å². The van der Waals surface area contributed by atoms with Gasteiger partial charge in [0, 0.05) is 4.70 Å². The minimum Gasteiger partial charge on any atom is -0.143 e. The van der Waals surface area contributed by atoms with Gasteiger partial charge in [-0.15, -0.1) is 11.3 Å². The molecule has 0 radical (unpaired) electrons. The molecule has 0 aliphatic heterocycles. The number of hydrogen-bond donors (Lipinski definition) is 0. The van der Waals surface area contributed by atoms with E-state index in [0.717, 1.165) is 12.3 Å². The molecule has 0 nitrogen and oxygen atoms in total. The fraction of sp³-hybridized carbons (Fsp3) is 0.286. The molecule has 1 aromatic carbocycles. The summed E-state index contributed by atoms with van der Waals surface area (Å²) in [7, 11) is 0. The Hall–Kier alpha value is -1.08. The number of allylic oxidation sites excluding steroid dienone is 1. The Kier molecular flexibility index (Phi) is 3.22. The van der Waals surface area contributed by atoms with Crippen molar-refractivity contribution in [2.45, 2.75) is 20.3 Å². The average molecular weight is 216 g/mol. The van der Waals surface area contributed by atoms with Gasteiger partial charge in [0.05, 0.1) is 0 Å². The van der Waals surface area contributed by atoms with Gasteiger partial charge in [0.15, 0.2) is 0 Å². The first kappa shape index (κ1) is 10.4. The van der Waals surface area contributed by atoms with Crippen molar-refractivity contribution in [1.82, 2.24) is 0 Å². The van der Waals surface area contributed by atoms with E-state index in [1.54, 1.807) is 0 Å². The summed E-state index contributed by atoms with van der Waals surface area (Å²) in [6, 6.07) is 8.58. The summed E-state index contributed by atoms with van der Waals surface area (Å²) < 4.78 is 1.38. The molecule has 0 bridgehead atoms. The summed E-state index contributed by atoms with van der Waals surface area (Å²) >= 11 is 1.82. The molecule has 0 amide bonds. The Balaban J connectivity index is 2.25. The second kappa shape index (κ2) is 4.63. The van der Waals surface area contributed by atoms with E-state index in [0.29, 0.717) is 0 Å². The van der Waals surface area contributed by atoms with E-state index in [4.69, 9.17) is 0 Å². The molecule has 0 saturated carbocycles. The molecule has 0 saturated heterocycles. The van der Waals surface area contributed by atoms with Crippen LogP contribution in [0.25, 0.3) is 16.2 Å². The molecule has 0 fully saturated rings. The van der Waals surface area contributed by atoms with Crippen LogP contribution in [0.3, 0.4) is 0 Å². The van der Waals surface area contributed by atoms with Gasteiger partial charge in [-0.05, 0) is 34.7 Å². The molecule has 1 aromatic heterocycles. The third kappa shape index (κ3) is 2.48. The summed E-state index contributed by atoms with van der Waals surface area (Å²) in [4.78, 5) is 0. The third-order valence-electron chi connectivity index (χ3n) is 2.42. The van der Waals surface area contributed by atoms with Crippen LogP contribution < -0.4 is 0 Å². The molecule has 15 heavy (non-hydrogen) atoms. The van der Waals surface area contributed by atoms with Crippen molar-refractivity contribution in [2.24, 2.45) is 5.92 Å². The van der Waals surface area contributed by atoms with Crippen LogP contribution in [0.4, 0.5) is 0 Å². The van der Waals surface area contributed by atoms with Crippen molar-refractivity contribution in [2.75, 3.05) is 0 Å². The largest absolute Gasteiger partial charge is 0.143 e. The van der Waals surface area contributed by atoms with E-state index in [9.17, 15) is 0 Å². The summed E-state index contributed by atoms with van der Waals surface area (Å²) in [6.45, 7) is 4.49. The van der Waals surface area contributed by atoms with E-state index in [1.165, 1.54) is 15.6 Å². The summed E-state index contributed by atoms with van der Waals surface area (Å²) in [6.07, 6.45) is 5.68. The Labute approximate surface area is 95.3 Å². The maximum absolute atomic E-state index is 2.28. The van der Waals surface area contributed by atoms with Crippen LogP contribution in [0.15, 0.2) is 35.7 Å². The molecule has 2 aromatic rings. The highest BCUT2D eigenvalue weighted by molar-refractivity contribution is 7.17. The first-order valence-electron chi connectivity index (χ1n) is 5.40. The van der Waals surface area contributed by atoms with Gasteiger partial charge in [0.25, 0.3) is 0 Å². The van der Waals surface area contributed by atoms with Crippen LogP contribution in [-0.2, 0) is 0 Å². The molecule has 0 aliphatic rings. The lowest BCUT2D eigenvalue weighted by Crippen LogP contribution is -1.80. The van der Waals surface area contributed by atoms with Crippen LogP contribution in [0.2, 0.25) is 0 Å². The van der Waals surface area contributed by atoms with Crippen LogP contribution in [0, 0.1) is 5.92 Å². The SMILES string of the molecule is CC(C)C/C=C/c1csc2ccccc12. The molecule has 78 valence electrons. The van der Waals surface area contributed by atoms with Gasteiger partial charge in [-0.2, -0.15) is 0 Å². The van der Waals surface area contributed by atoms with Gasteiger partial charge < -0.3 is 0 Å². The molecule has 1 heterocycles. The van der Waals surface area contributed by atoms with E-state index in [1.807, 2.05) is 11.3 Å². The monoisotopic (exact) mass is 216 g/mol. The fourth-order valence-electron chi connectivity index (χ4n) is 1.59. The molecular weight excluding hydrogens is 200 g/mol. The molecule has 0 spiro atoms. The van der Waals surface area contributed by atoms with E-state index >= 15 is 0 Å². The molecule has 0 unspecified atom stereocenters. The zero-order valence-corrected chi connectivity index (χ0v) is 10.1. The van der Waals surface area contributed by atoms with Gasteiger partial charge in [-0.3, -0.25) is 0 Å². The average Bonchev–Trinajstić information content (AvgIpc) is 2.62. The highest BCUT2D eigenvalue weighted by atomic mass is 32.1. The maximum Gasteiger partial charge on any atom is 0.0348 e. The Bertz CT molecular complexity index is 463. The number of hydrogen-bond acceptors (Lipinski definition) is 1. The van der Waals surface area contributed by atoms with Crippen LogP contribution >= 0.6 is 11.3 Å². The minimum absolute atomic E-state index is 0.742. The lowest BCUT2D eigenvalue weighted by Gasteiger charge is -1.96. The van der Waals surface area contributed by atoms with Crippen LogP contribution in [0.1, 0.15) is 25.8 Å². The zero-order valence-electron chi connectivity index (χ0n) is 9.23. The van der Waals surface area contributed by atoms with Crippen molar-refractivity contribution >= 4 is 27.5 Å². The summed E-state index contributed by atoms with van der Waals surface area (Å²) in [5.74, 6) is 0.742. The molecule has 0 N–H and O–H groups in total. The van der Waals surface area contributed by atoms with Gasteiger partial charge in [-0.25, -0.2) is 0 Å². The normalized spacial score (nSPS) is 11.9. The topological polar surface area (TPSA) is 0 Å². The van der Waals surface area contributed by atoms with Gasteiger partial charge in [0.1, 0.15) is 0 Å². The smallest absolute Gasteiger partial charge is 0.0348 e. The van der Waals surface area contributed by atoms with Crippen LogP contribution in [0.5, 0.6) is 0 Å². The zero-order chi connectivity index (χ0) is 10.7. The Morgan fingerprint density at radius 3 is 2.87 bits per heavy atom. The number of rotatable bonds is 3. The predicted molar refractivity (Wildman–Crippen MR) is 70.3 cm³/mol. The second-order valence-electron chi connectivity index (χ2n) is 4.22. The van der Waals surface area contributed by atoms with Gasteiger partial charge in [0.2, 0.25) is 0 Å². The highest BCUT2D eigenvalue weighted by Gasteiger charge is 1.99. The van der Waals surface area contributed by atoms with Crippen molar-refractivity contribution in [3.63, 3.8) is 0 Å². The fourth-order valence-corrected chi connectivity index (χ4v) is 2.52. The predicted octanol–water partition coefficient (Wildman–Crippen LogP) is 4.96. The van der Waals surface area contributed by atoms with Crippen molar-refractivity contribution < 1.29 is 0 Å². The second-order valence-corrected chi connectivity index (χ2v) is 5.13. The molecule has 1 heteroatoms. The van der Waals surface area contributed by atoms with E-state index in [-0.39, 0.29) is 0 Å².